The van der Waals surface area contributed by atoms with E-state index in [1.165, 1.54) is 5.69 Å². The summed E-state index contributed by atoms with van der Waals surface area (Å²) in [6.45, 7) is 4.27. The van der Waals surface area contributed by atoms with Crippen molar-refractivity contribution in [2.24, 2.45) is 0 Å². The van der Waals surface area contributed by atoms with Crippen molar-refractivity contribution in [1.82, 2.24) is 9.55 Å². The van der Waals surface area contributed by atoms with Crippen molar-refractivity contribution in [2.45, 2.75) is 32.6 Å². The normalized spacial score (nSPS) is 10.9. The molecular weight excluding hydrogens is 240 g/mol. The first-order chi connectivity index (χ1) is 9.08. The SMILES string of the molecule is CC(C)c1cncn1-c1ccc(CCC(=O)O)cc1. The summed E-state index contributed by atoms with van der Waals surface area (Å²) in [5.41, 5.74) is 3.26. The first kappa shape index (κ1) is 13.3. The van der Waals surface area contributed by atoms with Crippen molar-refractivity contribution >= 4 is 5.97 Å². The van der Waals surface area contributed by atoms with Crippen LogP contribution >= 0.6 is 0 Å². The van der Waals surface area contributed by atoms with Crippen LogP contribution in [0.3, 0.4) is 0 Å². The number of carboxylic acids is 1. The van der Waals surface area contributed by atoms with Gasteiger partial charge in [-0.3, -0.25) is 4.79 Å². The lowest BCUT2D eigenvalue weighted by Gasteiger charge is -2.11. The Morgan fingerprint density at radius 3 is 2.58 bits per heavy atom. The third-order valence-corrected chi connectivity index (χ3v) is 3.10. The van der Waals surface area contributed by atoms with Crippen molar-refractivity contribution in [3.05, 3.63) is 48.0 Å². The number of aryl methyl sites for hydroxylation is 1. The van der Waals surface area contributed by atoms with Gasteiger partial charge in [-0.2, -0.15) is 0 Å². The number of carboxylic acid groups (broad SMARTS) is 1. The number of benzene rings is 1. The van der Waals surface area contributed by atoms with Crippen LogP contribution in [0.4, 0.5) is 0 Å². The van der Waals surface area contributed by atoms with Crippen LogP contribution in [0.25, 0.3) is 5.69 Å². The largest absolute Gasteiger partial charge is 0.481 e. The smallest absolute Gasteiger partial charge is 0.303 e. The fourth-order valence-electron chi connectivity index (χ4n) is 2.02. The Hall–Kier alpha value is -2.10. The molecule has 0 amide bonds. The molecule has 1 aromatic heterocycles. The van der Waals surface area contributed by atoms with Crippen molar-refractivity contribution in [2.75, 3.05) is 0 Å². The Morgan fingerprint density at radius 2 is 2.00 bits per heavy atom. The molecule has 0 bridgehead atoms. The predicted molar refractivity (Wildman–Crippen MR) is 73.6 cm³/mol. The van der Waals surface area contributed by atoms with Crippen molar-refractivity contribution in [1.29, 1.82) is 0 Å². The van der Waals surface area contributed by atoms with Crippen LogP contribution in [-0.2, 0) is 11.2 Å². The zero-order chi connectivity index (χ0) is 13.8. The molecule has 0 aliphatic heterocycles. The van der Waals surface area contributed by atoms with Gasteiger partial charge in [-0.15, -0.1) is 0 Å². The summed E-state index contributed by atoms with van der Waals surface area (Å²) in [6.07, 6.45) is 4.42. The molecule has 100 valence electrons. The molecule has 1 heterocycles. The number of aliphatic carboxylic acids is 1. The molecule has 0 saturated carbocycles. The highest BCUT2D eigenvalue weighted by atomic mass is 16.4. The van der Waals surface area contributed by atoms with Gasteiger partial charge in [0, 0.05) is 24.0 Å². The molecule has 0 atom stereocenters. The van der Waals surface area contributed by atoms with E-state index in [1.54, 1.807) is 0 Å². The fourth-order valence-corrected chi connectivity index (χ4v) is 2.02. The van der Waals surface area contributed by atoms with Gasteiger partial charge in [0.1, 0.15) is 0 Å². The molecule has 0 fully saturated rings. The van der Waals surface area contributed by atoms with Crippen molar-refractivity contribution in [3.63, 3.8) is 0 Å². The van der Waals surface area contributed by atoms with Gasteiger partial charge in [0.05, 0.1) is 6.33 Å². The van der Waals surface area contributed by atoms with Gasteiger partial charge in [0.25, 0.3) is 0 Å². The Kier molecular flexibility index (Phi) is 4.00. The monoisotopic (exact) mass is 258 g/mol. The van der Waals surface area contributed by atoms with E-state index in [1.807, 2.05) is 36.8 Å². The lowest BCUT2D eigenvalue weighted by molar-refractivity contribution is -0.136. The highest BCUT2D eigenvalue weighted by molar-refractivity contribution is 5.67. The second kappa shape index (κ2) is 5.69. The molecule has 0 unspecified atom stereocenters. The number of nitrogens with zero attached hydrogens (tertiary/aromatic N) is 2. The van der Waals surface area contributed by atoms with Crippen LogP contribution in [0, 0.1) is 0 Å². The molecule has 0 saturated heterocycles. The summed E-state index contributed by atoms with van der Waals surface area (Å²) in [4.78, 5) is 14.7. The fraction of sp³-hybridized carbons (Fsp3) is 0.333. The number of aromatic nitrogens is 2. The van der Waals surface area contributed by atoms with E-state index in [2.05, 4.69) is 23.4 Å². The third kappa shape index (κ3) is 3.22. The van der Waals surface area contributed by atoms with Crippen LogP contribution in [0.15, 0.2) is 36.8 Å². The zero-order valence-electron chi connectivity index (χ0n) is 11.2. The summed E-state index contributed by atoms with van der Waals surface area (Å²) >= 11 is 0. The first-order valence-corrected chi connectivity index (χ1v) is 6.41. The maximum atomic E-state index is 10.5. The minimum absolute atomic E-state index is 0.168. The highest BCUT2D eigenvalue weighted by Gasteiger charge is 2.08. The molecule has 0 aliphatic carbocycles. The lowest BCUT2D eigenvalue weighted by atomic mass is 10.1. The average Bonchev–Trinajstić information content (AvgIpc) is 2.86. The van der Waals surface area contributed by atoms with E-state index in [0.29, 0.717) is 12.3 Å². The van der Waals surface area contributed by atoms with Gasteiger partial charge < -0.3 is 9.67 Å². The number of carbonyl (C=O) groups is 1. The third-order valence-electron chi connectivity index (χ3n) is 3.10. The summed E-state index contributed by atoms with van der Waals surface area (Å²) in [5.74, 6) is -0.352. The molecule has 2 aromatic rings. The second-order valence-electron chi connectivity index (χ2n) is 4.90. The predicted octanol–water partition coefficient (Wildman–Crippen LogP) is 3.01. The van der Waals surface area contributed by atoms with Gasteiger partial charge in [-0.05, 0) is 30.0 Å². The first-order valence-electron chi connectivity index (χ1n) is 6.41. The van der Waals surface area contributed by atoms with Gasteiger partial charge in [0.2, 0.25) is 0 Å². The topological polar surface area (TPSA) is 55.1 Å². The van der Waals surface area contributed by atoms with E-state index in [4.69, 9.17) is 5.11 Å². The molecule has 0 spiro atoms. The van der Waals surface area contributed by atoms with Crippen LogP contribution in [0.1, 0.15) is 37.4 Å². The van der Waals surface area contributed by atoms with E-state index in [9.17, 15) is 4.79 Å². The molecule has 19 heavy (non-hydrogen) atoms. The zero-order valence-corrected chi connectivity index (χ0v) is 11.2. The van der Waals surface area contributed by atoms with Gasteiger partial charge in [-0.1, -0.05) is 26.0 Å². The van der Waals surface area contributed by atoms with Crippen molar-refractivity contribution < 1.29 is 9.90 Å². The molecule has 1 N–H and O–H groups in total. The van der Waals surface area contributed by atoms with E-state index in [0.717, 1.165) is 11.3 Å². The summed E-state index contributed by atoms with van der Waals surface area (Å²) in [5, 5.41) is 8.66. The average molecular weight is 258 g/mol. The van der Waals surface area contributed by atoms with Gasteiger partial charge >= 0.3 is 5.97 Å². The molecule has 4 heteroatoms. The quantitative estimate of drug-likeness (QED) is 0.896. The van der Waals surface area contributed by atoms with Gasteiger partial charge in [-0.25, -0.2) is 4.98 Å². The number of rotatable bonds is 5. The van der Waals surface area contributed by atoms with Crippen molar-refractivity contribution in [3.8, 4) is 5.69 Å². The summed E-state index contributed by atoms with van der Waals surface area (Å²) in [6, 6.07) is 7.96. The van der Waals surface area contributed by atoms with E-state index < -0.39 is 5.97 Å². The Labute approximate surface area is 112 Å². The summed E-state index contributed by atoms with van der Waals surface area (Å²) in [7, 11) is 0. The minimum Gasteiger partial charge on any atom is -0.481 e. The molecule has 1 aromatic carbocycles. The number of hydrogen-bond acceptors (Lipinski definition) is 2. The van der Waals surface area contributed by atoms with E-state index >= 15 is 0 Å². The van der Waals surface area contributed by atoms with Crippen LogP contribution in [-0.4, -0.2) is 20.6 Å². The van der Waals surface area contributed by atoms with Crippen LogP contribution < -0.4 is 0 Å². The number of imidazole rings is 1. The molecule has 4 nitrogen and oxygen atoms in total. The Balaban J connectivity index is 2.18. The van der Waals surface area contributed by atoms with E-state index in [-0.39, 0.29) is 6.42 Å². The second-order valence-corrected chi connectivity index (χ2v) is 4.90. The maximum absolute atomic E-state index is 10.5. The minimum atomic E-state index is -0.763. The maximum Gasteiger partial charge on any atom is 0.303 e. The van der Waals surface area contributed by atoms with Gasteiger partial charge in [0.15, 0.2) is 0 Å². The molecular formula is C15H18N2O2. The number of hydrogen-bond donors (Lipinski definition) is 1. The molecule has 2 rings (SSSR count). The summed E-state index contributed by atoms with van der Waals surface area (Å²) < 4.78 is 2.06. The van der Waals surface area contributed by atoms with Crippen LogP contribution in [0.5, 0.6) is 0 Å². The highest BCUT2D eigenvalue weighted by Crippen LogP contribution is 2.19. The molecule has 0 aliphatic rings. The Morgan fingerprint density at radius 1 is 1.32 bits per heavy atom. The Bertz CT molecular complexity index is 556. The standard InChI is InChI=1S/C15H18N2O2/c1-11(2)14-9-16-10-17(14)13-6-3-12(4-7-13)5-8-15(18)19/h3-4,6-7,9-11H,5,8H2,1-2H3,(H,18,19). The molecule has 0 radical (unpaired) electrons. The lowest BCUT2D eigenvalue weighted by Crippen LogP contribution is -2.01. The van der Waals surface area contributed by atoms with Crippen LogP contribution in [0.2, 0.25) is 0 Å².